The Labute approximate surface area is 239 Å². The summed E-state index contributed by atoms with van der Waals surface area (Å²) >= 11 is 0. The van der Waals surface area contributed by atoms with Gasteiger partial charge in [-0.15, -0.1) is 0 Å². The highest BCUT2D eigenvalue weighted by Gasteiger charge is 2.17. The van der Waals surface area contributed by atoms with E-state index in [1.807, 2.05) is 91.9 Å². The van der Waals surface area contributed by atoms with Gasteiger partial charge in [-0.1, -0.05) is 115 Å². The second-order valence-electron chi connectivity index (χ2n) is 9.95. The van der Waals surface area contributed by atoms with E-state index in [-0.39, 0.29) is 30.4 Å². The predicted octanol–water partition coefficient (Wildman–Crippen LogP) is 7.26. The molecule has 0 spiro atoms. The highest BCUT2D eigenvalue weighted by molar-refractivity contribution is 6.14. The lowest BCUT2D eigenvalue weighted by Crippen LogP contribution is -2.18. The minimum Gasteiger partial charge on any atom is -0.326 e. The van der Waals surface area contributed by atoms with E-state index >= 15 is 0 Å². The van der Waals surface area contributed by atoms with E-state index in [0.29, 0.717) is 22.5 Å². The van der Waals surface area contributed by atoms with Gasteiger partial charge in [-0.25, -0.2) is 0 Å². The van der Waals surface area contributed by atoms with Crippen LogP contribution >= 0.6 is 0 Å². The van der Waals surface area contributed by atoms with Crippen LogP contribution in [0.2, 0.25) is 0 Å². The molecule has 0 saturated heterocycles. The average molecular weight is 539 g/mol. The summed E-state index contributed by atoms with van der Waals surface area (Å²) in [7, 11) is 0. The third-order valence-electron chi connectivity index (χ3n) is 6.77. The van der Waals surface area contributed by atoms with Gasteiger partial charge in [-0.2, -0.15) is 0 Å². The summed E-state index contributed by atoms with van der Waals surface area (Å²) in [6.45, 7) is 1.99. The van der Waals surface area contributed by atoms with Crippen LogP contribution in [0.1, 0.15) is 32.6 Å². The first-order valence-electron chi connectivity index (χ1n) is 13.5. The number of benzene rings is 5. The Kier molecular flexibility index (Phi) is 8.46. The third-order valence-corrected chi connectivity index (χ3v) is 6.77. The van der Waals surface area contributed by atoms with Crippen LogP contribution in [0.3, 0.4) is 0 Å². The lowest BCUT2D eigenvalue weighted by Gasteiger charge is -2.14. The first kappa shape index (κ1) is 27.3. The summed E-state index contributed by atoms with van der Waals surface area (Å²) in [5, 5.41) is 5.80. The Morgan fingerprint density at radius 3 is 1.73 bits per heavy atom. The van der Waals surface area contributed by atoms with Crippen molar-refractivity contribution < 1.29 is 14.4 Å². The maximum Gasteiger partial charge on any atom is 0.228 e. The molecule has 41 heavy (non-hydrogen) atoms. The molecule has 0 saturated carbocycles. The van der Waals surface area contributed by atoms with Crippen molar-refractivity contribution in [1.82, 2.24) is 0 Å². The van der Waals surface area contributed by atoms with E-state index in [0.717, 1.165) is 27.8 Å². The fraction of sp³-hybridized carbons (Fsp3) is 0.0833. The number of hydrogen-bond donors (Lipinski definition) is 2. The Morgan fingerprint density at radius 2 is 1.10 bits per heavy atom. The molecule has 202 valence electrons. The topological polar surface area (TPSA) is 75.3 Å². The monoisotopic (exact) mass is 538 g/mol. The Bertz CT molecular complexity index is 1660. The lowest BCUT2D eigenvalue weighted by atomic mass is 10.0. The minimum atomic E-state index is -0.246. The molecule has 0 bridgehead atoms. The Hall–Kier alpha value is -5.29. The predicted molar refractivity (Wildman–Crippen MR) is 164 cm³/mol. The van der Waals surface area contributed by atoms with Gasteiger partial charge in [-0.3, -0.25) is 14.4 Å². The quantitative estimate of drug-likeness (QED) is 0.194. The molecule has 5 aromatic rings. The van der Waals surface area contributed by atoms with Gasteiger partial charge >= 0.3 is 0 Å². The van der Waals surface area contributed by atoms with Gasteiger partial charge in [0.2, 0.25) is 11.8 Å². The molecule has 0 aromatic heterocycles. The summed E-state index contributed by atoms with van der Waals surface area (Å²) in [5.41, 5.74) is 6.74. The third kappa shape index (κ3) is 7.22. The summed E-state index contributed by atoms with van der Waals surface area (Å²) in [5.74, 6) is -0.678. The first-order chi connectivity index (χ1) is 19.9. The van der Waals surface area contributed by atoms with Crippen molar-refractivity contribution in [1.29, 1.82) is 0 Å². The van der Waals surface area contributed by atoms with Crippen molar-refractivity contribution in [2.75, 3.05) is 10.6 Å². The average Bonchev–Trinajstić information content (AvgIpc) is 3.00. The zero-order chi connectivity index (χ0) is 28.6. The van der Waals surface area contributed by atoms with Crippen molar-refractivity contribution in [3.63, 3.8) is 0 Å². The van der Waals surface area contributed by atoms with E-state index in [2.05, 4.69) is 10.6 Å². The Balaban J connectivity index is 1.32. The van der Waals surface area contributed by atoms with Crippen LogP contribution in [0, 0.1) is 6.92 Å². The van der Waals surface area contributed by atoms with Crippen molar-refractivity contribution in [2.24, 2.45) is 0 Å². The smallest absolute Gasteiger partial charge is 0.228 e. The lowest BCUT2D eigenvalue weighted by molar-refractivity contribution is -0.116. The van der Waals surface area contributed by atoms with Crippen LogP contribution in [-0.4, -0.2) is 17.6 Å². The summed E-state index contributed by atoms with van der Waals surface area (Å²) < 4.78 is 0. The van der Waals surface area contributed by atoms with Gasteiger partial charge in [0.25, 0.3) is 0 Å². The van der Waals surface area contributed by atoms with Crippen LogP contribution in [0.4, 0.5) is 11.4 Å². The number of amides is 2. The maximum absolute atomic E-state index is 13.5. The van der Waals surface area contributed by atoms with E-state index < -0.39 is 0 Å². The van der Waals surface area contributed by atoms with E-state index in [1.165, 1.54) is 0 Å². The summed E-state index contributed by atoms with van der Waals surface area (Å²) in [4.78, 5) is 39.2. The number of rotatable bonds is 9. The molecule has 5 aromatic carbocycles. The van der Waals surface area contributed by atoms with Gasteiger partial charge in [0.15, 0.2) is 5.78 Å². The molecule has 0 aliphatic carbocycles. The van der Waals surface area contributed by atoms with Crippen LogP contribution in [0.15, 0.2) is 127 Å². The highest BCUT2D eigenvalue weighted by Crippen LogP contribution is 2.25. The van der Waals surface area contributed by atoms with Gasteiger partial charge in [0, 0.05) is 16.8 Å². The summed E-state index contributed by atoms with van der Waals surface area (Å²) in [6.07, 6.45) is 0.368. The zero-order valence-electron chi connectivity index (χ0n) is 22.8. The molecule has 2 amide bonds. The van der Waals surface area contributed by atoms with Crippen molar-refractivity contribution >= 4 is 29.0 Å². The van der Waals surface area contributed by atoms with Crippen LogP contribution in [0.5, 0.6) is 0 Å². The van der Waals surface area contributed by atoms with E-state index in [9.17, 15) is 14.4 Å². The SMILES string of the molecule is Cc1ccc(CC(=O)Nc2ccc(NC(=O)Cc3ccc(-c4ccccc4)cc3)cc2C(=O)c2ccccc2)cc1. The maximum atomic E-state index is 13.5. The van der Waals surface area contributed by atoms with Gasteiger partial charge < -0.3 is 10.6 Å². The number of hydrogen-bond acceptors (Lipinski definition) is 3. The molecular weight excluding hydrogens is 508 g/mol. The molecule has 2 N–H and O–H groups in total. The second kappa shape index (κ2) is 12.7. The zero-order valence-corrected chi connectivity index (χ0v) is 22.8. The number of carbonyl (C=O) groups is 3. The van der Waals surface area contributed by atoms with Gasteiger partial charge in [-0.05, 0) is 47.4 Å². The highest BCUT2D eigenvalue weighted by atomic mass is 16.2. The second-order valence-corrected chi connectivity index (χ2v) is 9.95. The first-order valence-corrected chi connectivity index (χ1v) is 13.5. The van der Waals surface area contributed by atoms with Gasteiger partial charge in [0.1, 0.15) is 0 Å². The number of nitrogens with one attached hydrogen (secondary N) is 2. The van der Waals surface area contributed by atoms with Crippen molar-refractivity contribution in [2.45, 2.75) is 19.8 Å². The van der Waals surface area contributed by atoms with Crippen molar-refractivity contribution in [3.05, 3.63) is 155 Å². The summed E-state index contributed by atoms with van der Waals surface area (Å²) in [6, 6.07) is 39.5. The molecule has 0 fully saturated rings. The number of carbonyl (C=O) groups excluding carboxylic acids is 3. The number of anilines is 2. The van der Waals surface area contributed by atoms with Crippen LogP contribution in [0.25, 0.3) is 11.1 Å². The molecular formula is C36H30N2O3. The Morgan fingerprint density at radius 1 is 0.561 bits per heavy atom. The molecule has 0 radical (unpaired) electrons. The van der Waals surface area contributed by atoms with Crippen LogP contribution in [-0.2, 0) is 22.4 Å². The largest absolute Gasteiger partial charge is 0.326 e. The normalized spacial score (nSPS) is 10.6. The number of ketones is 1. The molecule has 0 aliphatic rings. The fourth-order valence-electron chi connectivity index (χ4n) is 4.59. The fourth-order valence-corrected chi connectivity index (χ4v) is 4.59. The molecule has 0 aliphatic heterocycles. The number of aryl methyl sites for hydroxylation is 1. The van der Waals surface area contributed by atoms with Gasteiger partial charge in [0.05, 0.1) is 18.5 Å². The van der Waals surface area contributed by atoms with E-state index in [1.54, 1.807) is 42.5 Å². The molecule has 5 rings (SSSR count). The molecule has 5 nitrogen and oxygen atoms in total. The van der Waals surface area contributed by atoms with Crippen LogP contribution < -0.4 is 10.6 Å². The molecule has 0 heterocycles. The minimum absolute atomic E-state index is 0.181. The molecule has 0 unspecified atom stereocenters. The standard InChI is InChI=1S/C36H30N2O3/c1-25-12-14-26(15-13-25)23-35(40)38-33-21-20-31(24-32(33)36(41)30-10-6-3-7-11-30)37-34(39)22-27-16-18-29(19-17-27)28-8-4-2-5-9-28/h2-21,24H,22-23H2,1H3,(H,37,39)(H,38,40). The van der Waals surface area contributed by atoms with Crippen molar-refractivity contribution in [3.8, 4) is 11.1 Å². The molecule has 5 heteroatoms. The van der Waals surface area contributed by atoms with E-state index in [4.69, 9.17) is 0 Å². The molecule has 0 atom stereocenters.